The average molecular weight is 261 g/mol. The lowest BCUT2D eigenvalue weighted by molar-refractivity contribution is 0.933. The lowest BCUT2D eigenvalue weighted by atomic mass is 10.0. The molecule has 2 nitrogen and oxygen atoms in total. The molecule has 0 fully saturated rings. The van der Waals surface area contributed by atoms with Crippen LogP contribution in [0.15, 0.2) is 18.2 Å². The number of rotatable bonds is 2. The normalized spacial score (nSPS) is 10.7. The fraction of sp³-hybridized carbons (Fsp3) is 0.333. The Balaban J connectivity index is 2.66. The minimum atomic E-state index is 0.553. The van der Waals surface area contributed by atoms with Gasteiger partial charge < -0.3 is 0 Å². The van der Waals surface area contributed by atoms with E-state index in [4.69, 9.17) is 11.6 Å². The third kappa shape index (κ3) is 2.39. The molecule has 2 aromatic rings. The van der Waals surface area contributed by atoms with Crippen molar-refractivity contribution in [2.75, 3.05) is 0 Å². The van der Waals surface area contributed by atoms with E-state index in [0.717, 1.165) is 29.1 Å². The number of aryl methyl sites for hydroxylation is 3. The fourth-order valence-electron chi connectivity index (χ4n) is 2.03. The van der Waals surface area contributed by atoms with E-state index in [0.29, 0.717) is 5.15 Å². The summed E-state index contributed by atoms with van der Waals surface area (Å²) in [5, 5.41) is 0.553. The first-order valence-electron chi connectivity index (χ1n) is 6.13. The zero-order chi connectivity index (χ0) is 13.3. The Labute approximate surface area is 113 Å². The van der Waals surface area contributed by atoms with Gasteiger partial charge in [0.1, 0.15) is 11.0 Å². The molecule has 3 heteroatoms. The molecule has 0 bridgehead atoms. The van der Waals surface area contributed by atoms with Crippen LogP contribution in [0.2, 0.25) is 5.15 Å². The number of halogens is 1. The van der Waals surface area contributed by atoms with E-state index in [1.807, 2.05) is 13.8 Å². The van der Waals surface area contributed by atoms with Gasteiger partial charge in [-0.1, -0.05) is 42.3 Å². The molecule has 0 spiro atoms. The van der Waals surface area contributed by atoms with E-state index in [-0.39, 0.29) is 0 Å². The third-order valence-electron chi connectivity index (χ3n) is 3.09. The molecule has 1 aromatic carbocycles. The van der Waals surface area contributed by atoms with Gasteiger partial charge in [0.25, 0.3) is 0 Å². The first-order valence-corrected chi connectivity index (χ1v) is 6.51. The minimum absolute atomic E-state index is 0.553. The molecule has 0 aliphatic rings. The van der Waals surface area contributed by atoms with Crippen LogP contribution in [0.3, 0.4) is 0 Å². The predicted octanol–water partition coefficient (Wildman–Crippen LogP) is 4.28. The quantitative estimate of drug-likeness (QED) is 0.753. The molecule has 1 heterocycles. The molecule has 0 amide bonds. The van der Waals surface area contributed by atoms with Crippen molar-refractivity contribution in [1.29, 1.82) is 0 Å². The largest absolute Gasteiger partial charge is 0.233 e. The summed E-state index contributed by atoms with van der Waals surface area (Å²) < 4.78 is 0. The standard InChI is InChI=1S/C15H17ClN2/c1-5-13-17-14(11(4)15(16)18-13)12-7-6-9(2)8-10(12)3/h6-8H,5H2,1-4H3. The Morgan fingerprint density at radius 2 is 1.83 bits per heavy atom. The zero-order valence-corrected chi connectivity index (χ0v) is 12.0. The van der Waals surface area contributed by atoms with Gasteiger partial charge >= 0.3 is 0 Å². The monoisotopic (exact) mass is 260 g/mol. The molecule has 0 saturated heterocycles. The maximum absolute atomic E-state index is 6.18. The molecule has 0 radical (unpaired) electrons. The van der Waals surface area contributed by atoms with Crippen LogP contribution in [0.5, 0.6) is 0 Å². The van der Waals surface area contributed by atoms with Gasteiger partial charge in [-0.3, -0.25) is 0 Å². The Bertz CT molecular complexity index is 591. The van der Waals surface area contributed by atoms with Gasteiger partial charge in [-0.15, -0.1) is 0 Å². The van der Waals surface area contributed by atoms with Crippen LogP contribution in [0.1, 0.15) is 29.4 Å². The Kier molecular flexibility index (Phi) is 3.67. The van der Waals surface area contributed by atoms with Crippen molar-refractivity contribution in [2.45, 2.75) is 34.1 Å². The third-order valence-corrected chi connectivity index (χ3v) is 3.45. The van der Waals surface area contributed by atoms with Crippen molar-refractivity contribution >= 4 is 11.6 Å². The molecule has 0 saturated carbocycles. The zero-order valence-electron chi connectivity index (χ0n) is 11.2. The highest BCUT2D eigenvalue weighted by molar-refractivity contribution is 6.30. The molecule has 1 aromatic heterocycles. The molecule has 0 atom stereocenters. The molecule has 94 valence electrons. The number of benzene rings is 1. The lowest BCUT2D eigenvalue weighted by Gasteiger charge is -2.11. The molecule has 2 rings (SSSR count). The fourth-order valence-corrected chi connectivity index (χ4v) is 2.22. The Hall–Kier alpha value is -1.41. The second kappa shape index (κ2) is 5.07. The summed E-state index contributed by atoms with van der Waals surface area (Å²) >= 11 is 6.18. The van der Waals surface area contributed by atoms with E-state index in [2.05, 4.69) is 42.0 Å². The number of aromatic nitrogens is 2. The highest BCUT2D eigenvalue weighted by Crippen LogP contribution is 2.28. The maximum atomic E-state index is 6.18. The van der Waals surface area contributed by atoms with Crippen molar-refractivity contribution in [3.8, 4) is 11.3 Å². The average Bonchev–Trinajstić information content (AvgIpc) is 2.33. The number of hydrogen-bond donors (Lipinski definition) is 0. The summed E-state index contributed by atoms with van der Waals surface area (Å²) in [5.41, 5.74) is 5.50. The minimum Gasteiger partial charge on any atom is -0.233 e. The molecule has 0 aliphatic carbocycles. The Morgan fingerprint density at radius 1 is 1.11 bits per heavy atom. The molecule has 0 aliphatic heterocycles. The van der Waals surface area contributed by atoms with Gasteiger partial charge in [-0.05, 0) is 26.3 Å². The van der Waals surface area contributed by atoms with Crippen LogP contribution in [-0.2, 0) is 6.42 Å². The van der Waals surface area contributed by atoms with Crippen LogP contribution in [0, 0.1) is 20.8 Å². The highest BCUT2D eigenvalue weighted by Gasteiger charge is 2.12. The van der Waals surface area contributed by atoms with Crippen molar-refractivity contribution in [1.82, 2.24) is 9.97 Å². The van der Waals surface area contributed by atoms with Crippen LogP contribution in [0.4, 0.5) is 0 Å². The van der Waals surface area contributed by atoms with Crippen LogP contribution in [-0.4, -0.2) is 9.97 Å². The van der Waals surface area contributed by atoms with Gasteiger partial charge in [0.2, 0.25) is 0 Å². The van der Waals surface area contributed by atoms with Gasteiger partial charge in [0.15, 0.2) is 0 Å². The summed E-state index contributed by atoms with van der Waals surface area (Å²) in [6.07, 6.45) is 0.790. The van der Waals surface area contributed by atoms with Crippen LogP contribution >= 0.6 is 11.6 Å². The molecular weight excluding hydrogens is 244 g/mol. The smallest absolute Gasteiger partial charge is 0.136 e. The molecular formula is C15H17ClN2. The summed E-state index contributed by atoms with van der Waals surface area (Å²) in [5.74, 6) is 0.792. The van der Waals surface area contributed by atoms with E-state index in [1.54, 1.807) is 0 Å². The van der Waals surface area contributed by atoms with E-state index < -0.39 is 0 Å². The maximum Gasteiger partial charge on any atom is 0.136 e. The summed E-state index contributed by atoms with van der Waals surface area (Å²) in [6.45, 7) is 8.20. The first kappa shape index (κ1) is 13.0. The number of hydrogen-bond acceptors (Lipinski definition) is 2. The summed E-state index contributed by atoms with van der Waals surface area (Å²) in [7, 11) is 0. The lowest BCUT2D eigenvalue weighted by Crippen LogP contribution is -2.00. The summed E-state index contributed by atoms with van der Waals surface area (Å²) in [4.78, 5) is 8.90. The topological polar surface area (TPSA) is 25.8 Å². The molecule has 0 unspecified atom stereocenters. The van der Waals surface area contributed by atoms with Crippen molar-refractivity contribution in [3.63, 3.8) is 0 Å². The van der Waals surface area contributed by atoms with Crippen molar-refractivity contribution in [2.24, 2.45) is 0 Å². The summed E-state index contributed by atoms with van der Waals surface area (Å²) in [6, 6.07) is 6.37. The van der Waals surface area contributed by atoms with E-state index in [9.17, 15) is 0 Å². The van der Waals surface area contributed by atoms with E-state index >= 15 is 0 Å². The second-order valence-electron chi connectivity index (χ2n) is 4.58. The van der Waals surface area contributed by atoms with Crippen LogP contribution in [0.25, 0.3) is 11.3 Å². The van der Waals surface area contributed by atoms with Gasteiger partial charge in [-0.25, -0.2) is 9.97 Å². The second-order valence-corrected chi connectivity index (χ2v) is 4.93. The number of nitrogens with zero attached hydrogens (tertiary/aromatic N) is 2. The van der Waals surface area contributed by atoms with E-state index in [1.165, 1.54) is 11.1 Å². The molecule has 0 N–H and O–H groups in total. The first-order chi connectivity index (χ1) is 8.52. The Morgan fingerprint density at radius 3 is 2.44 bits per heavy atom. The van der Waals surface area contributed by atoms with Gasteiger partial charge in [0.05, 0.1) is 5.69 Å². The van der Waals surface area contributed by atoms with Crippen molar-refractivity contribution in [3.05, 3.63) is 45.9 Å². The van der Waals surface area contributed by atoms with Gasteiger partial charge in [-0.2, -0.15) is 0 Å². The SMILES string of the molecule is CCc1nc(Cl)c(C)c(-c2ccc(C)cc2C)n1. The van der Waals surface area contributed by atoms with Crippen molar-refractivity contribution < 1.29 is 0 Å². The highest BCUT2D eigenvalue weighted by atomic mass is 35.5. The van der Waals surface area contributed by atoms with Crippen LogP contribution < -0.4 is 0 Å². The predicted molar refractivity (Wildman–Crippen MR) is 76.1 cm³/mol. The molecule has 18 heavy (non-hydrogen) atoms. The van der Waals surface area contributed by atoms with Gasteiger partial charge in [0, 0.05) is 17.5 Å².